The maximum absolute atomic E-state index is 12.4. The average Bonchev–Trinajstić information content (AvgIpc) is 2.96. The fourth-order valence-corrected chi connectivity index (χ4v) is 3.82. The first-order valence-corrected chi connectivity index (χ1v) is 8.58. The van der Waals surface area contributed by atoms with Gasteiger partial charge in [0, 0.05) is 24.4 Å². The molecule has 1 N–H and O–H groups in total. The molecule has 0 spiro atoms. The maximum atomic E-state index is 12.4. The molecule has 2 amide bonds. The minimum Gasteiger partial charge on any atom is -0.497 e. The molecule has 0 bridgehead atoms. The maximum Gasteiger partial charge on any atom is 0.238 e. The number of benzene rings is 2. The van der Waals surface area contributed by atoms with Crippen LogP contribution in [0.15, 0.2) is 48.5 Å². The van der Waals surface area contributed by atoms with E-state index in [1.165, 1.54) is 6.92 Å². The third kappa shape index (κ3) is 3.38. The topological polar surface area (TPSA) is 58.6 Å². The Morgan fingerprint density at radius 1 is 1.25 bits per heavy atom. The third-order valence-electron chi connectivity index (χ3n) is 3.72. The lowest BCUT2D eigenvalue weighted by Gasteiger charge is -2.25. The number of hydrogen-bond acceptors (Lipinski definition) is 4. The Balaban J connectivity index is 1.88. The lowest BCUT2D eigenvalue weighted by molar-refractivity contribution is -0.116. The summed E-state index contributed by atoms with van der Waals surface area (Å²) in [4.78, 5) is 25.3. The monoisotopic (exact) mass is 342 g/mol. The van der Waals surface area contributed by atoms with Crippen LogP contribution >= 0.6 is 11.8 Å². The number of methoxy groups -OCH3 is 1. The highest BCUT2D eigenvalue weighted by molar-refractivity contribution is 8.00. The van der Waals surface area contributed by atoms with Crippen molar-refractivity contribution in [2.75, 3.05) is 23.1 Å². The number of nitrogens with zero attached hydrogens (tertiary/aromatic N) is 1. The summed E-state index contributed by atoms with van der Waals surface area (Å²) in [5.74, 6) is 1.13. The van der Waals surface area contributed by atoms with Gasteiger partial charge in [0.2, 0.25) is 11.8 Å². The van der Waals surface area contributed by atoms with Crippen molar-refractivity contribution in [3.63, 3.8) is 0 Å². The highest BCUT2D eigenvalue weighted by Crippen LogP contribution is 2.42. The summed E-state index contributed by atoms with van der Waals surface area (Å²) >= 11 is 1.59. The molecular formula is C18H18N2O3S. The van der Waals surface area contributed by atoms with Gasteiger partial charge in [-0.1, -0.05) is 18.2 Å². The molecule has 0 aromatic heterocycles. The van der Waals surface area contributed by atoms with Gasteiger partial charge in [0.05, 0.1) is 12.9 Å². The van der Waals surface area contributed by atoms with Gasteiger partial charge in [0.15, 0.2) is 0 Å². The Labute approximate surface area is 145 Å². The molecule has 0 radical (unpaired) electrons. The van der Waals surface area contributed by atoms with Crippen LogP contribution < -0.4 is 15.0 Å². The number of anilines is 2. The molecule has 0 unspecified atom stereocenters. The molecule has 1 fully saturated rings. The number of hydrogen-bond donors (Lipinski definition) is 1. The van der Waals surface area contributed by atoms with Gasteiger partial charge in [0.1, 0.15) is 11.1 Å². The van der Waals surface area contributed by atoms with Gasteiger partial charge in [-0.15, -0.1) is 11.8 Å². The number of rotatable bonds is 4. The average molecular weight is 342 g/mol. The van der Waals surface area contributed by atoms with Gasteiger partial charge in [-0.05, 0) is 29.8 Å². The number of thioether (sulfide) groups is 1. The molecular weight excluding hydrogens is 324 g/mol. The van der Waals surface area contributed by atoms with E-state index in [1.807, 2.05) is 48.5 Å². The van der Waals surface area contributed by atoms with Crippen LogP contribution in [0.5, 0.6) is 5.75 Å². The Hall–Kier alpha value is -2.47. The summed E-state index contributed by atoms with van der Waals surface area (Å²) in [6.45, 7) is 1.48. The summed E-state index contributed by atoms with van der Waals surface area (Å²) in [7, 11) is 1.61. The van der Waals surface area contributed by atoms with E-state index in [0.717, 1.165) is 22.7 Å². The predicted molar refractivity (Wildman–Crippen MR) is 96.4 cm³/mol. The Morgan fingerprint density at radius 3 is 2.67 bits per heavy atom. The molecule has 1 aliphatic rings. The van der Waals surface area contributed by atoms with Crippen LogP contribution in [0.3, 0.4) is 0 Å². The van der Waals surface area contributed by atoms with Crippen LogP contribution in [0.25, 0.3) is 0 Å². The molecule has 5 nitrogen and oxygen atoms in total. The van der Waals surface area contributed by atoms with Crippen LogP contribution in [-0.2, 0) is 9.59 Å². The van der Waals surface area contributed by atoms with Crippen molar-refractivity contribution in [1.29, 1.82) is 0 Å². The first-order valence-electron chi connectivity index (χ1n) is 7.54. The molecule has 0 saturated carbocycles. The summed E-state index contributed by atoms with van der Waals surface area (Å²) in [5, 5.41) is 2.66. The van der Waals surface area contributed by atoms with E-state index in [9.17, 15) is 9.59 Å². The molecule has 3 rings (SSSR count). The van der Waals surface area contributed by atoms with Crippen LogP contribution in [0, 0.1) is 0 Å². The normalized spacial score (nSPS) is 17.0. The number of amides is 2. The molecule has 2 aromatic rings. The second kappa shape index (κ2) is 6.97. The lowest BCUT2D eigenvalue weighted by Crippen LogP contribution is -2.27. The predicted octanol–water partition coefficient (Wildman–Crippen LogP) is 3.43. The molecule has 24 heavy (non-hydrogen) atoms. The minimum atomic E-state index is -0.105. The van der Waals surface area contributed by atoms with Gasteiger partial charge < -0.3 is 10.1 Å². The zero-order chi connectivity index (χ0) is 17.1. The quantitative estimate of drug-likeness (QED) is 0.925. The van der Waals surface area contributed by atoms with Crippen molar-refractivity contribution in [2.45, 2.75) is 12.3 Å². The van der Waals surface area contributed by atoms with Crippen molar-refractivity contribution < 1.29 is 14.3 Å². The van der Waals surface area contributed by atoms with Gasteiger partial charge in [-0.25, -0.2) is 0 Å². The fourth-order valence-electron chi connectivity index (χ4n) is 2.64. The highest BCUT2D eigenvalue weighted by Gasteiger charge is 2.34. The minimum absolute atomic E-state index is 0.0733. The SMILES string of the molecule is COc1cccc(N2C(=O)CS[C@H]2c2ccc(NC(C)=O)cc2)c1. The second-order valence-corrected chi connectivity index (χ2v) is 6.50. The van der Waals surface area contributed by atoms with Crippen LogP contribution in [-0.4, -0.2) is 24.7 Å². The molecule has 2 aromatic carbocycles. The first kappa shape index (κ1) is 16.4. The number of ether oxygens (including phenoxy) is 1. The van der Waals surface area contributed by atoms with Crippen molar-refractivity contribution in [3.05, 3.63) is 54.1 Å². The Kier molecular flexibility index (Phi) is 4.76. The van der Waals surface area contributed by atoms with E-state index in [4.69, 9.17) is 4.74 Å². The van der Waals surface area contributed by atoms with Crippen molar-refractivity contribution in [2.24, 2.45) is 0 Å². The molecule has 1 saturated heterocycles. The molecule has 1 heterocycles. The van der Waals surface area contributed by atoms with Gasteiger partial charge in [0.25, 0.3) is 0 Å². The zero-order valence-electron chi connectivity index (χ0n) is 13.5. The van der Waals surface area contributed by atoms with Crippen molar-refractivity contribution in [3.8, 4) is 5.75 Å². The molecule has 1 aliphatic heterocycles. The van der Waals surface area contributed by atoms with E-state index in [2.05, 4.69) is 5.32 Å². The third-order valence-corrected chi connectivity index (χ3v) is 4.93. The van der Waals surface area contributed by atoms with Crippen LogP contribution in [0.1, 0.15) is 17.9 Å². The van der Waals surface area contributed by atoms with E-state index in [1.54, 1.807) is 23.8 Å². The van der Waals surface area contributed by atoms with E-state index in [-0.39, 0.29) is 17.2 Å². The second-order valence-electron chi connectivity index (χ2n) is 5.43. The van der Waals surface area contributed by atoms with E-state index < -0.39 is 0 Å². The van der Waals surface area contributed by atoms with Crippen LogP contribution in [0.2, 0.25) is 0 Å². The molecule has 6 heteroatoms. The standard InChI is InChI=1S/C18H18N2O3S/c1-12(21)19-14-8-6-13(7-9-14)18-20(17(22)11-24-18)15-4-3-5-16(10-15)23-2/h3-10,18H,11H2,1-2H3,(H,19,21)/t18-/m0/s1. The lowest BCUT2D eigenvalue weighted by atomic mass is 10.1. The van der Waals surface area contributed by atoms with E-state index in [0.29, 0.717) is 5.75 Å². The van der Waals surface area contributed by atoms with Crippen LogP contribution in [0.4, 0.5) is 11.4 Å². The largest absolute Gasteiger partial charge is 0.497 e. The fraction of sp³-hybridized carbons (Fsp3) is 0.222. The van der Waals surface area contributed by atoms with Crippen molar-refractivity contribution in [1.82, 2.24) is 0 Å². The van der Waals surface area contributed by atoms with Gasteiger partial charge in [-0.2, -0.15) is 0 Å². The Bertz CT molecular complexity index is 761. The number of carbonyl (C=O) groups is 2. The smallest absolute Gasteiger partial charge is 0.238 e. The first-order chi connectivity index (χ1) is 11.6. The highest BCUT2D eigenvalue weighted by atomic mass is 32.2. The number of nitrogens with one attached hydrogen (secondary N) is 1. The number of carbonyl (C=O) groups excluding carboxylic acids is 2. The Morgan fingerprint density at radius 2 is 2.00 bits per heavy atom. The van der Waals surface area contributed by atoms with E-state index >= 15 is 0 Å². The van der Waals surface area contributed by atoms with Gasteiger partial charge in [-0.3, -0.25) is 14.5 Å². The summed E-state index contributed by atoms with van der Waals surface area (Å²) < 4.78 is 5.26. The van der Waals surface area contributed by atoms with Gasteiger partial charge >= 0.3 is 0 Å². The summed E-state index contributed by atoms with van der Waals surface area (Å²) in [6, 6.07) is 15.1. The zero-order valence-corrected chi connectivity index (χ0v) is 14.3. The molecule has 1 atom stereocenters. The summed E-state index contributed by atoms with van der Waals surface area (Å²) in [5.41, 5.74) is 2.58. The summed E-state index contributed by atoms with van der Waals surface area (Å²) in [6.07, 6.45) is 0. The molecule has 0 aliphatic carbocycles. The molecule has 124 valence electrons. The van der Waals surface area contributed by atoms with Crippen molar-refractivity contribution >= 4 is 35.0 Å².